The van der Waals surface area contributed by atoms with E-state index in [0.29, 0.717) is 17.8 Å². The standard InChI is InChI=1S/C18H24N6O/c1-12-10-17(20-11-19-12)24(14-3-4-14)15-5-7-23(8-6-15)18(25)16-9-13(2)21-22-16/h9-11,14-15H,3-8H2,1-2H3,(H,21,22). The molecule has 0 unspecified atom stereocenters. The second-order valence-electron chi connectivity index (χ2n) is 7.12. The molecule has 7 heteroatoms. The average molecular weight is 340 g/mol. The molecule has 25 heavy (non-hydrogen) atoms. The summed E-state index contributed by atoms with van der Waals surface area (Å²) in [6.45, 7) is 5.45. The van der Waals surface area contributed by atoms with E-state index in [1.54, 1.807) is 6.33 Å². The molecule has 0 bridgehead atoms. The molecule has 2 fully saturated rings. The van der Waals surface area contributed by atoms with Crippen molar-refractivity contribution >= 4 is 11.7 Å². The van der Waals surface area contributed by atoms with Gasteiger partial charge in [0.15, 0.2) is 0 Å². The third-order valence-electron chi connectivity index (χ3n) is 5.06. The smallest absolute Gasteiger partial charge is 0.274 e. The number of carbonyl (C=O) groups excluding carboxylic acids is 1. The summed E-state index contributed by atoms with van der Waals surface area (Å²) in [6.07, 6.45) is 6.05. The Hall–Kier alpha value is -2.44. The van der Waals surface area contributed by atoms with Gasteiger partial charge in [0, 0.05) is 42.6 Å². The van der Waals surface area contributed by atoms with Crippen LogP contribution < -0.4 is 4.90 Å². The van der Waals surface area contributed by atoms with Crippen molar-refractivity contribution in [3.63, 3.8) is 0 Å². The van der Waals surface area contributed by atoms with Gasteiger partial charge in [-0.05, 0) is 45.6 Å². The predicted molar refractivity (Wildman–Crippen MR) is 94.5 cm³/mol. The van der Waals surface area contributed by atoms with Crippen LogP contribution in [0.1, 0.15) is 47.6 Å². The summed E-state index contributed by atoms with van der Waals surface area (Å²) in [5, 5.41) is 6.94. The molecular formula is C18H24N6O. The highest BCUT2D eigenvalue weighted by atomic mass is 16.2. The lowest BCUT2D eigenvalue weighted by Crippen LogP contribution is -2.48. The van der Waals surface area contributed by atoms with Gasteiger partial charge in [-0.2, -0.15) is 5.10 Å². The Morgan fingerprint density at radius 3 is 2.44 bits per heavy atom. The summed E-state index contributed by atoms with van der Waals surface area (Å²) in [4.78, 5) is 25.7. The fourth-order valence-electron chi connectivity index (χ4n) is 3.64. The zero-order valence-corrected chi connectivity index (χ0v) is 14.8. The highest BCUT2D eigenvalue weighted by molar-refractivity contribution is 5.92. The van der Waals surface area contributed by atoms with Crippen LogP contribution in [-0.4, -0.2) is 56.1 Å². The van der Waals surface area contributed by atoms with E-state index >= 15 is 0 Å². The van der Waals surface area contributed by atoms with Gasteiger partial charge in [-0.15, -0.1) is 0 Å². The van der Waals surface area contributed by atoms with Gasteiger partial charge >= 0.3 is 0 Å². The Kier molecular flexibility index (Phi) is 4.15. The summed E-state index contributed by atoms with van der Waals surface area (Å²) in [7, 11) is 0. The molecular weight excluding hydrogens is 316 g/mol. The molecule has 0 aromatic carbocycles. The molecule has 1 saturated heterocycles. The van der Waals surface area contributed by atoms with Gasteiger partial charge in [0.25, 0.3) is 5.91 Å². The summed E-state index contributed by atoms with van der Waals surface area (Å²) in [5.41, 5.74) is 2.43. The first-order valence-electron chi connectivity index (χ1n) is 9.00. The van der Waals surface area contributed by atoms with Gasteiger partial charge < -0.3 is 9.80 Å². The number of piperidine rings is 1. The Labute approximate surface area is 147 Å². The lowest BCUT2D eigenvalue weighted by molar-refractivity contribution is 0.0706. The van der Waals surface area contributed by atoms with Crippen LogP contribution in [0.2, 0.25) is 0 Å². The largest absolute Gasteiger partial charge is 0.350 e. The lowest BCUT2D eigenvalue weighted by Gasteiger charge is -2.39. The van der Waals surface area contributed by atoms with Crippen LogP contribution in [0, 0.1) is 13.8 Å². The first kappa shape index (κ1) is 16.1. The van der Waals surface area contributed by atoms with Crippen LogP contribution in [-0.2, 0) is 0 Å². The van der Waals surface area contributed by atoms with Crippen LogP contribution in [0.25, 0.3) is 0 Å². The second-order valence-corrected chi connectivity index (χ2v) is 7.12. The van der Waals surface area contributed by atoms with Crippen molar-refractivity contribution in [2.45, 2.75) is 51.6 Å². The van der Waals surface area contributed by atoms with Crippen molar-refractivity contribution in [1.82, 2.24) is 25.1 Å². The topological polar surface area (TPSA) is 78.0 Å². The first-order valence-corrected chi connectivity index (χ1v) is 9.00. The SMILES string of the molecule is Cc1cc(N(C2CC2)C2CCN(C(=O)c3cc(C)[nH]n3)CC2)ncn1. The Morgan fingerprint density at radius 1 is 1.12 bits per heavy atom. The molecule has 132 valence electrons. The number of amides is 1. The molecule has 0 radical (unpaired) electrons. The minimum absolute atomic E-state index is 0.0265. The van der Waals surface area contributed by atoms with Crippen LogP contribution in [0.4, 0.5) is 5.82 Å². The van der Waals surface area contributed by atoms with E-state index in [0.717, 1.165) is 43.1 Å². The number of nitrogens with one attached hydrogen (secondary N) is 1. The van der Waals surface area contributed by atoms with Gasteiger partial charge in [-0.1, -0.05) is 0 Å². The molecule has 2 aliphatic rings. The molecule has 1 amide bonds. The molecule has 1 aliphatic heterocycles. The molecule has 0 atom stereocenters. The van der Waals surface area contributed by atoms with E-state index in [-0.39, 0.29) is 5.91 Å². The van der Waals surface area contributed by atoms with E-state index in [1.165, 1.54) is 12.8 Å². The normalized spacial score (nSPS) is 18.4. The third-order valence-corrected chi connectivity index (χ3v) is 5.06. The molecule has 1 saturated carbocycles. The van der Waals surface area contributed by atoms with E-state index in [1.807, 2.05) is 24.8 Å². The monoisotopic (exact) mass is 340 g/mol. The maximum absolute atomic E-state index is 12.6. The molecule has 2 aromatic heterocycles. The summed E-state index contributed by atoms with van der Waals surface area (Å²) < 4.78 is 0. The first-order chi connectivity index (χ1) is 12.1. The maximum Gasteiger partial charge on any atom is 0.274 e. The predicted octanol–water partition coefficient (Wildman–Crippen LogP) is 2.09. The van der Waals surface area contributed by atoms with E-state index < -0.39 is 0 Å². The fraction of sp³-hybridized carbons (Fsp3) is 0.556. The van der Waals surface area contributed by atoms with Crippen molar-refractivity contribution < 1.29 is 4.79 Å². The van der Waals surface area contributed by atoms with Gasteiger partial charge in [0.1, 0.15) is 17.8 Å². The van der Waals surface area contributed by atoms with Gasteiger partial charge in [0.2, 0.25) is 0 Å². The number of carbonyl (C=O) groups is 1. The van der Waals surface area contributed by atoms with Crippen molar-refractivity contribution in [2.24, 2.45) is 0 Å². The van der Waals surface area contributed by atoms with Gasteiger partial charge in [-0.3, -0.25) is 9.89 Å². The highest BCUT2D eigenvalue weighted by Gasteiger charge is 2.37. The van der Waals surface area contributed by atoms with Crippen molar-refractivity contribution in [3.8, 4) is 0 Å². The Bertz CT molecular complexity index is 760. The zero-order valence-electron chi connectivity index (χ0n) is 14.8. The van der Waals surface area contributed by atoms with Crippen molar-refractivity contribution in [1.29, 1.82) is 0 Å². The summed E-state index contributed by atoms with van der Waals surface area (Å²) >= 11 is 0. The third kappa shape index (κ3) is 3.36. The van der Waals surface area contributed by atoms with Crippen molar-refractivity contribution in [3.05, 3.63) is 35.5 Å². The van der Waals surface area contributed by atoms with Crippen LogP contribution >= 0.6 is 0 Å². The number of anilines is 1. The minimum atomic E-state index is 0.0265. The number of aryl methyl sites for hydroxylation is 2. The minimum Gasteiger partial charge on any atom is -0.350 e. The molecule has 0 spiro atoms. The number of nitrogens with zero attached hydrogens (tertiary/aromatic N) is 5. The summed E-state index contributed by atoms with van der Waals surface area (Å²) in [5.74, 6) is 1.06. The molecule has 7 nitrogen and oxygen atoms in total. The number of rotatable bonds is 4. The number of aromatic nitrogens is 4. The molecule has 1 aliphatic carbocycles. The maximum atomic E-state index is 12.6. The van der Waals surface area contributed by atoms with Gasteiger partial charge in [0.05, 0.1) is 0 Å². The number of aromatic amines is 1. The molecule has 2 aromatic rings. The van der Waals surface area contributed by atoms with Crippen LogP contribution in [0.15, 0.2) is 18.5 Å². The molecule has 4 rings (SSSR count). The van der Waals surface area contributed by atoms with Crippen LogP contribution in [0.5, 0.6) is 0 Å². The van der Waals surface area contributed by atoms with E-state index in [2.05, 4.69) is 31.1 Å². The second kappa shape index (κ2) is 6.46. The van der Waals surface area contributed by atoms with Crippen molar-refractivity contribution in [2.75, 3.05) is 18.0 Å². The quantitative estimate of drug-likeness (QED) is 0.922. The van der Waals surface area contributed by atoms with E-state index in [9.17, 15) is 4.79 Å². The summed E-state index contributed by atoms with van der Waals surface area (Å²) in [6, 6.07) is 4.92. The highest BCUT2D eigenvalue weighted by Crippen LogP contribution is 2.35. The number of hydrogen-bond acceptors (Lipinski definition) is 5. The Morgan fingerprint density at radius 2 is 1.84 bits per heavy atom. The molecule has 1 N–H and O–H groups in total. The van der Waals surface area contributed by atoms with Crippen LogP contribution in [0.3, 0.4) is 0 Å². The molecule has 3 heterocycles. The Balaban J connectivity index is 1.44. The van der Waals surface area contributed by atoms with E-state index in [4.69, 9.17) is 0 Å². The number of likely N-dealkylation sites (tertiary alicyclic amines) is 1. The number of hydrogen-bond donors (Lipinski definition) is 1. The lowest BCUT2D eigenvalue weighted by atomic mass is 10.0. The average Bonchev–Trinajstić information content (AvgIpc) is 3.35. The fourth-order valence-corrected chi connectivity index (χ4v) is 3.64. The zero-order chi connectivity index (χ0) is 17.4. The number of H-pyrrole nitrogens is 1. The van der Waals surface area contributed by atoms with Gasteiger partial charge in [-0.25, -0.2) is 9.97 Å².